The summed E-state index contributed by atoms with van der Waals surface area (Å²) in [5.74, 6) is 0.722. The van der Waals surface area contributed by atoms with Crippen LogP contribution >= 0.6 is 0 Å². The number of anilines is 4. The zero-order valence-corrected chi connectivity index (χ0v) is 21.9. The molecule has 3 heterocycles. The average molecular weight is 502 g/mol. The van der Waals surface area contributed by atoms with Gasteiger partial charge in [-0.25, -0.2) is 9.78 Å². The lowest BCUT2D eigenvalue weighted by Gasteiger charge is -2.28. The zero-order chi connectivity index (χ0) is 25.9. The Hall–Kier alpha value is -3.69. The van der Waals surface area contributed by atoms with Crippen LogP contribution in [0.1, 0.15) is 44.4 Å². The van der Waals surface area contributed by atoms with E-state index < -0.39 is 5.76 Å². The summed E-state index contributed by atoms with van der Waals surface area (Å²) in [6.45, 7) is 13.2. The summed E-state index contributed by atoms with van der Waals surface area (Å²) in [5.41, 5.74) is 5.09. The summed E-state index contributed by atoms with van der Waals surface area (Å²) < 4.78 is 5.08. The molecule has 9 nitrogen and oxygen atoms in total. The number of aryl methyl sites for hydroxylation is 1. The van der Waals surface area contributed by atoms with Crippen molar-refractivity contribution in [2.24, 2.45) is 0 Å². The van der Waals surface area contributed by atoms with Crippen molar-refractivity contribution >= 4 is 34.2 Å². The van der Waals surface area contributed by atoms with Gasteiger partial charge in [-0.3, -0.25) is 14.8 Å². The Morgan fingerprint density at radius 2 is 1.89 bits per heavy atom. The van der Waals surface area contributed by atoms with Gasteiger partial charge in [0.15, 0.2) is 5.58 Å². The van der Waals surface area contributed by atoms with Gasteiger partial charge < -0.3 is 15.1 Å². The molecule has 194 valence electrons. The number of likely N-dealkylation sites (tertiary alicyclic amines) is 1. The van der Waals surface area contributed by atoms with Crippen LogP contribution in [0.25, 0.3) is 11.1 Å². The Kier molecular flexibility index (Phi) is 7.25. The van der Waals surface area contributed by atoms with Crippen molar-refractivity contribution in [1.29, 1.82) is 0 Å². The Bertz CT molecular complexity index is 1410. The van der Waals surface area contributed by atoms with Crippen LogP contribution in [0.3, 0.4) is 0 Å². The molecule has 0 spiro atoms. The molecule has 1 saturated heterocycles. The van der Waals surface area contributed by atoms with Crippen LogP contribution in [0.15, 0.2) is 57.9 Å². The fraction of sp³-hybridized carbons (Fsp3) is 0.393. The summed E-state index contributed by atoms with van der Waals surface area (Å²) in [4.78, 5) is 28.4. The molecule has 1 aliphatic rings. The predicted octanol–water partition coefficient (Wildman–Crippen LogP) is 5.18. The van der Waals surface area contributed by atoms with Crippen molar-refractivity contribution in [3.05, 3.63) is 70.3 Å². The van der Waals surface area contributed by atoms with Crippen molar-refractivity contribution in [3.8, 4) is 0 Å². The maximum Gasteiger partial charge on any atom is 0.417 e. The first-order valence-corrected chi connectivity index (χ1v) is 13.0. The van der Waals surface area contributed by atoms with Gasteiger partial charge in [0.2, 0.25) is 5.95 Å². The van der Waals surface area contributed by atoms with Crippen LogP contribution in [0.4, 0.5) is 23.1 Å². The molecule has 1 aliphatic heterocycles. The second kappa shape index (κ2) is 10.7. The quantitative estimate of drug-likeness (QED) is 0.288. The van der Waals surface area contributed by atoms with Crippen molar-refractivity contribution < 1.29 is 4.42 Å². The molecular weight excluding hydrogens is 466 g/mol. The standard InChI is InChI=1S/C28H35N7O2/c1-5-34(6-2)23-13-14-35(17-23)19(4)20-7-9-21(10-8-20)31-27-29-16-18(3)26(33-27)30-22-11-12-25-24(15-22)32-28(36)37-25/h7-12,15-16,19,23H,5-6,13-14,17H2,1-4H3,(H,32,36)(H2,29,30,31,33). The van der Waals surface area contributed by atoms with E-state index in [9.17, 15) is 4.79 Å². The number of aromatic amines is 1. The fourth-order valence-electron chi connectivity index (χ4n) is 5.14. The van der Waals surface area contributed by atoms with E-state index >= 15 is 0 Å². The minimum Gasteiger partial charge on any atom is -0.408 e. The Balaban J connectivity index is 1.24. The first kappa shape index (κ1) is 25.0. The van der Waals surface area contributed by atoms with Gasteiger partial charge in [0.1, 0.15) is 5.82 Å². The van der Waals surface area contributed by atoms with Crippen LogP contribution in [-0.4, -0.2) is 57.0 Å². The molecule has 2 atom stereocenters. The summed E-state index contributed by atoms with van der Waals surface area (Å²) >= 11 is 0. The highest BCUT2D eigenvalue weighted by Crippen LogP contribution is 2.28. The Morgan fingerprint density at radius 3 is 2.65 bits per heavy atom. The monoisotopic (exact) mass is 501 g/mol. The van der Waals surface area contributed by atoms with Crippen molar-refractivity contribution in [2.45, 2.75) is 46.2 Å². The number of hydrogen-bond acceptors (Lipinski definition) is 8. The van der Waals surface area contributed by atoms with E-state index in [-0.39, 0.29) is 0 Å². The van der Waals surface area contributed by atoms with Gasteiger partial charge in [0, 0.05) is 48.3 Å². The number of likely N-dealkylation sites (N-methyl/N-ethyl adjacent to an activating group) is 1. The molecule has 5 rings (SSSR count). The van der Waals surface area contributed by atoms with E-state index in [0.29, 0.717) is 34.9 Å². The highest BCUT2D eigenvalue weighted by atomic mass is 16.4. The van der Waals surface area contributed by atoms with Crippen molar-refractivity contribution in [2.75, 3.05) is 36.8 Å². The van der Waals surface area contributed by atoms with Gasteiger partial charge in [0.25, 0.3) is 0 Å². The molecule has 4 aromatic rings. The number of fused-ring (bicyclic) bond motifs is 1. The molecule has 0 aliphatic carbocycles. The number of oxazole rings is 1. The molecule has 2 unspecified atom stereocenters. The van der Waals surface area contributed by atoms with E-state index in [1.165, 1.54) is 12.0 Å². The number of hydrogen-bond donors (Lipinski definition) is 3. The maximum atomic E-state index is 11.4. The summed E-state index contributed by atoms with van der Waals surface area (Å²) in [6.07, 6.45) is 3.02. The highest BCUT2D eigenvalue weighted by molar-refractivity contribution is 5.78. The van der Waals surface area contributed by atoms with Gasteiger partial charge in [-0.1, -0.05) is 26.0 Å². The lowest BCUT2D eigenvalue weighted by molar-refractivity contribution is 0.193. The van der Waals surface area contributed by atoms with Gasteiger partial charge in [-0.2, -0.15) is 4.98 Å². The molecule has 0 bridgehead atoms. The largest absolute Gasteiger partial charge is 0.417 e. The van der Waals surface area contributed by atoms with E-state index in [4.69, 9.17) is 4.42 Å². The van der Waals surface area contributed by atoms with E-state index in [2.05, 4.69) is 80.4 Å². The van der Waals surface area contributed by atoms with E-state index in [1.54, 1.807) is 12.3 Å². The topological polar surface area (TPSA) is 102 Å². The first-order valence-electron chi connectivity index (χ1n) is 13.0. The van der Waals surface area contributed by atoms with Gasteiger partial charge >= 0.3 is 5.76 Å². The molecule has 2 aromatic heterocycles. The van der Waals surface area contributed by atoms with Gasteiger partial charge in [-0.15, -0.1) is 0 Å². The predicted molar refractivity (Wildman–Crippen MR) is 148 cm³/mol. The second-order valence-corrected chi connectivity index (χ2v) is 9.66. The SMILES string of the molecule is CCN(CC)C1CCN(C(C)c2ccc(Nc3ncc(C)c(Nc4ccc5oc(=O)[nH]c5c4)n3)cc2)C1. The molecular formula is C28H35N7O2. The molecule has 37 heavy (non-hydrogen) atoms. The molecule has 1 fully saturated rings. The number of rotatable bonds is 9. The molecule has 3 N–H and O–H groups in total. The third kappa shape index (κ3) is 5.52. The zero-order valence-electron chi connectivity index (χ0n) is 21.9. The molecule has 9 heteroatoms. The Labute approximate surface area is 216 Å². The molecule has 2 aromatic carbocycles. The minimum absolute atomic E-state index is 0.378. The number of aromatic nitrogens is 3. The molecule has 0 saturated carbocycles. The summed E-state index contributed by atoms with van der Waals surface area (Å²) in [7, 11) is 0. The maximum absolute atomic E-state index is 11.4. The number of nitrogens with one attached hydrogen (secondary N) is 3. The Morgan fingerprint density at radius 1 is 1.14 bits per heavy atom. The highest BCUT2D eigenvalue weighted by Gasteiger charge is 2.29. The first-order chi connectivity index (χ1) is 17.9. The van der Waals surface area contributed by atoms with E-state index in [0.717, 1.165) is 43.1 Å². The normalized spacial score (nSPS) is 16.9. The van der Waals surface area contributed by atoms with Crippen LogP contribution in [0.5, 0.6) is 0 Å². The van der Waals surface area contributed by atoms with Crippen LogP contribution in [-0.2, 0) is 0 Å². The lowest BCUT2D eigenvalue weighted by atomic mass is 10.1. The molecule has 0 amide bonds. The van der Waals surface area contributed by atoms with Crippen molar-refractivity contribution in [1.82, 2.24) is 24.8 Å². The van der Waals surface area contributed by atoms with Crippen LogP contribution in [0.2, 0.25) is 0 Å². The summed E-state index contributed by atoms with van der Waals surface area (Å²) in [5, 5.41) is 6.63. The van der Waals surface area contributed by atoms with Crippen LogP contribution < -0.4 is 16.4 Å². The third-order valence-electron chi connectivity index (χ3n) is 7.37. The lowest BCUT2D eigenvalue weighted by Crippen LogP contribution is -2.37. The third-order valence-corrected chi connectivity index (χ3v) is 7.37. The van der Waals surface area contributed by atoms with Gasteiger partial charge in [-0.05, 0) is 69.3 Å². The molecule has 0 radical (unpaired) electrons. The van der Waals surface area contributed by atoms with Crippen molar-refractivity contribution in [3.63, 3.8) is 0 Å². The summed E-state index contributed by atoms with van der Waals surface area (Å²) in [6, 6.07) is 15.0. The smallest absolute Gasteiger partial charge is 0.408 e. The average Bonchev–Trinajstić information content (AvgIpc) is 3.53. The van der Waals surface area contributed by atoms with Gasteiger partial charge in [0.05, 0.1) is 5.52 Å². The number of benzene rings is 2. The minimum atomic E-state index is -0.471. The number of nitrogens with zero attached hydrogens (tertiary/aromatic N) is 4. The number of H-pyrrole nitrogens is 1. The fourth-order valence-corrected chi connectivity index (χ4v) is 5.14. The van der Waals surface area contributed by atoms with E-state index in [1.807, 2.05) is 19.1 Å². The second-order valence-electron chi connectivity index (χ2n) is 9.66. The van der Waals surface area contributed by atoms with Crippen LogP contribution in [0, 0.1) is 6.92 Å².